The van der Waals surface area contributed by atoms with Crippen LogP contribution in [-0.2, 0) is 0 Å². The minimum Gasteiger partial charge on any atom is -0.435 e. The molecule has 23 nitrogen and oxygen atoms in total. The smallest absolute Gasteiger partial charge is 0.227 e. The Morgan fingerprint density at radius 3 is 0.929 bits per heavy atom. The zero-order chi connectivity index (χ0) is 91.7. The molecule has 0 N–H and O–H groups in total. The summed E-state index contributed by atoms with van der Waals surface area (Å²) in [7, 11) is 0. The molecular formula is C104H98N18O5. The van der Waals surface area contributed by atoms with Crippen molar-refractivity contribution in [3.05, 3.63) is 309 Å². The SMILES string of the molecule is Cc1ccc2c(oc3ncccc32)c1N1c2cccnc2N(c2ccccc2)C1C.Cc1ccc2c(oc3ncccc32)c1N1c2nccnc2N(c2ccccc2)C1C.[2H]C(C)(C)N1C=CN(c2c(C)ccc3c2oc2ncccc23)C1C.[2H]C(C)(C)N1C=CN(c2c(C)ccc3c2oc2ncccc23)C1C.[2H]C([2H])([2H])N1C=CN(c2c(C)ccc3c2oc2ncccc23)C1C. The van der Waals surface area contributed by atoms with Gasteiger partial charge in [0.15, 0.2) is 45.4 Å². The van der Waals surface area contributed by atoms with Gasteiger partial charge >= 0.3 is 0 Å². The molecule has 0 amide bonds. The predicted molar refractivity (Wildman–Crippen MR) is 513 cm³/mol. The van der Waals surface area contributed by atoms with E-state index in [2.05, 4.69) is 212 Å². The van der Waals surface area contributed by atoms with Gasteiger partial charge in [-0.3, -0.25) is 4.90 Å². The van der Waals surface area contributed by atoms with E-state index in [9.17, 15) is 0 Å². The summed E-state index contributed by atoms with van der Waals surface area (Å²) in [5.41, 5.74) is 21.2. The summed E-state index contributed by atoms with van der Waals surface area (Å²) >= 11 is 0. The molecule has 0 bridgehead atoms. The minimum atomic E-state index is -2.18. The summed E-state index contributed by atoms with van der Waals surface area (Å²) in [5, 5.41) is 10.3. The number of fused-ring (bicyclic) bond motifs is 17. The zero-order valence-corrected chi connectivity index (χ0v) is 73.0. The molecule has 24 rings (SSSR count). The van der Waals surface area contributed by atoms with Crippen LogP contribution in [0.25, 0.3) is 110 Å². The van der Waals surface area contributed by atoms with E-state index in [1.807, 2.05) is 184 Å². The Morgan fingerprint density at radius 2 is 0.575 bits per heavy atom. The molecule has 17 heterocycles. The quantitative estimate of drug-likeness (QED) is 0.132. The number of nitrogens with zero attached hydrogens (tertiary/aromatic N) is 18. The zero-order valence-electron chi connectivity index (χ0n) is 78.0. The van der Waals surface area contributed by atoms with Crippen LogP contribution in [-0.4, -0.2) is 104 Å². The van der Waals surface area contributed by atoms with E-state index < -0.39 is 19.0 Å². The van der Waals surface area contributed by atoms with E-state index >= 15 is 0 Å². The lowest BCUT2D eigenvalue weighted by atomic mass is 10.1. The Hall–Kier alpha value is -15.3. The second-order valence-electron chi connectivity index (χ2n) is 32.9. The van der Waals surface area contributed by atoms with Crippen LogP contribution >= 0.6 is 0 Å². The monoisotopic (exact) mass is 1680 g/mol. The largest absolute Gasteiger partial charge is 0.435 e. The topological polar surface area (TPSA) is 201 Å². The predicted octanol–water partition coefficient (Wildman–Crippen LogP) is 25.2. The van der Waals surface area contributed by atoms with Gasteiger partial charge < -0.3 is 66.2 Å². The first kappa shape index (κ1) is 74.4. The van der Waals surface area contributed by atoms with Gasteiger partial charge in [-0.1, -0.05) is 97.1 Å². The Kier molecular flexibility index (Phi) is 19.0. The molecule has 19 aromatic rings. The first-order valence-corrected chi connectivity index (χ1v) is 42.7. The fourth-order valence-electron chi connectivity index (χ4n) is 18.6. The maximum absolute atomic E-state index is 8.33. The van der Waals surface area contributed by atoms with Crippen LogP contribution in [0.4, 0.5) is 63.0 Å². The van der Waals surface area contributed by atoms with Crippen LogP contribution in [0.2, 0.25) is 0 Å². The molecule has 0 aliphatic carbocycles. The standard InChI is InChI=1S/C25H20N4O.C24H19N5O.2C19H21N3O.C17H17N3O/c1-16-12-13-19-20-10-6-15-27-25(20)30-23(19)22(16)29-17(2)28(18-8-4-3-5-9-18)24-21(29)11-7-14-26-24;1-15-10-11-18-19-9-6-12-27-24(19)30-21(18)20(15)29-16(2)28(17-7-4-3-5-8-17)22-23(29)26-14-13-25-22;2*1-12(2)21-10-11-22(14(21)4)17-13(3)7-8-15-16-6-5-9-20-19(16)23-18(15)17;1-11-6-7-13-14-5-4-8-18-17(14)21-16(13)15(11)20-10-9-19(3)12(20)2/h3-15,17H,1-2H3;3-14,16H,1-2H3;2*5-12,14H,1-4H3;4-10,12H,1-3H3/i;;2*12D;3D3. The number of aryl methyl sites for hydroxylation is 5. The molecule has 5 unspecified atom stereocenters. The van der Waals surface area contributed by atoms with Crippen LogP contribution in [0, 0.1) is 34.6 Å². The van der Waals surface area contributed by atoms with Crippen molar-refractivity contribution < 1.29 is 28.9 Å². The van der Waals surface area contributed by atoms with Gasteiger partial charge in [0.2, 0.25) is 28.6 Å². The number of pyridine rings is 6. The highest BCUT2D eigenvalue weighted by atomic mass is 16.4. The number of rotatable bonds is 9. The second kappa shape index (κ2) is 32.4. The third-order valence-electron chi connectivity index (χ3n) is 24.8. The van der Waals surface area contributed by atoms with E-state index in [1.165, 1.54) is 4.90 Å². The summed E-state index contributed by atoms with van der Waals surface area (Å²) in [6, 6.07) is 64.2. The van der Waals surface area contributed by atoms with Crippen LogP contribution in [0.5, 0.6) is 0 Å². The van der Waals surface area contributed by atoms with Crippen molar-refractivity contribution in [1.82, 2.24) is 54.6 Å². The number of furan rings is 5. The normalized spacial score (nSPS) is 17.9. The summed E-state index contributed by atoms with van der Waals surface area (Å²) in [4.78, 5) is 56.7. The van der Waals surface area contributed by atoms with Crippen molar-refractivity contribution >= 4 is 173 Å². The fourth-order valence-corrected chi connectivity index (χ4v) is 18.6. The molecular weight excluding hydrogens is 1580 g/mol. The van der Waals surface area contributed by atoms with Gasteiger partial charge in [0.25, 0.3) is 0 Å². The summed E-state index contributed by atoms with van der Waals surface area (Å²) in [6.45, 7) is 26.3. The molecule has 12 aromatic heterocycles. The van der Waals surface area contributed by atoms with Gasteiger partial charge in [0, 0.05) is 175 Å². The Bertz CT molecular complexity index is 7160. The molecule has 7 aromatic carbocycles. The molecule has 23 heteroatoms. The van der Waals surface area contributed by atoms with Gasteiger partial charge in [-0.05, 0) is 222 Å². The average molecular weight is 1690 g/mol. The highest BCUT2D eigenvalue weighted by molar-refractivity contribution is 6.14. The van der Waals surface area contributed by atoms with Gasteiger partial charge in [0.1, 0.15) is 30.8 Å². The summed E-state index contributed by atoms with van der Waals surface area (Å²) in [6.07, 6.45) is 25.2. The van der Waals surface area contributed by atoms with Crippen LogP contribution in [0.1, 0.15) is 97.0 Å². The van der Waals surface area contributed by atoms with E-state index in [1.54, 1.807) is 55.8 Å². The molecule has 634 valence electrons. The second-order valence-corrected chi connectivity index (χ2v) is 32.9. The average Bonchev–Trinajstić information content (AvgIpc) is 1.57. The Morgan fingerprint density at radius 1 is 0.276 bits per heavy atom. The van der Waals surface area contributed by atoms with Gasteiger partial charge in [-0.15, -0.1) is 0 Å². The first-order valence-electron chi connectivity index (χ1n) is 45.2. The van der Waals surface area contributed by atoms with Crippen molar-refractivity contribution in [3.8, 4) is 0 Å². The van der Waals surface area contributed by atoms with Crippen LogP contribution in [0.3, 0.4) is 0 Å². The number of hydrogen-bond acceptors (Lipinski definition) is 23. The third kappa shape index (κ3) is 13.6. The lowest BCUT2D eigenvalue weighted by molar-refractivity contribution is 0.263. The maximum Gasteiger partial charge on any atom is 0.227 e. The minimum absolute atomic E-state index is 0.0303. The number of para-hydroxylation sites is 2. The molecule has 0 saturated carbocycles. The maximum atomic E-state index is 8.33. The van der Waals surface area contributed by atoms with Gasteiger partial charge in [-0.25, -0.2) is 39.9 Å². The van der Waals surface area contributed by atoms with E-state index in [4.69, 9.17) is 38.9 Å². The molecule has 5 aliphatic heterocycles. The van der Waals surface area contributed by atoms with Crippen molar-refractivity contribution in [2.24, 2.45) is 0 Å². The van der Waals surface area contributed by atoms with E-state index in [-0.39, 0.29) is 30.8 Å². The van der Waals surface area contributed by atoms with Crippen molar-refractivity contribution in [3.63, 3.8) is 0 Å². The molecule has 0 fully saturated rings. The Labute approximate surface area is 742 Å². The van der Waals surface area contributed by atoms with Gasteiger partial charge in [0.05, 0.1) is 36.9 Å². The van der Waals surface area contributed by atoms with Crippen molar-refractivity contribution in [2.75, 3.05) is 41.3 Å². The van der Waals surface area contributed by atoms with Crippen molar-refractivity contribution in [1.29, 1.82) is 0 Å². The van der Waals surface area contributed by atoms with Crippen LogP contribution in [0.15, 0.2) is 303 Å². The lowest BCUT2D eigenvalue weighted by Gasteiger charge is -2.33. The number of anilines is 11. The van der Waals surface area contributed by atoms with E-state index in [0.29, 0.717) is 28.6 Å². The number of aromatic nitrogens is 8. The fraction of sp³-hybridized carbons (Fsp3) is 0.212. The van der Waals surface area contributed by atoms with Gasteiger partial charge in [-0.2, -0.15) is 0 Å². The number of benzene rings is 7. The Balaban J connectivity index is 0.000000103. The summed E-state index contributed by atoms with van der Waals surface area (Å²) in [5.74, 6) is 2.60. The molecule has 5 atom stereocenters. The highest BCUT2D eigenvalue weighted by Gasteiger charge is 2.42. The summed E-state index contributed by atoms with van der Waals surface area (Å²) < 4.78 is 70.4. The van der Waals surface area contributed by atoms with Crippen molar-refractivity contribution in [2.45, 2.75) is 140 Å². The molecule has 5 aliphatic rings. The lowest BCUT2D eigenvalue weighted by Crippen LogP contribution is -2.39. The molecule has 0 spiro atoms. The van der Waals surface area contributed by atoms with Crippen LogP contribution < -0.4 is 34.3 Å². The highest BCUT2D eigenvalue weighted by Crippen LogP contribution is 2.53. The number of hydrogen-bond donors (Lipinski definition) is 0. The van der Waals surface area contributed by atoms with E-state index in [0.717, 1.165) is 173 Å². The first-order chi connectivity index (χ1) is 63.6. The molecule has 0 saturated heterocycles. The molecule has 0 radical (unpaired) electrons. The molecule has 127 heavy (non-hydrogen) atoms. The third-order valence-corrected chi connectivity index (χ3v) is 24.8.